The number of anilines is 1. The Morgan fingerprint density at radius 2 is 1.86 bits per heavy atom. The van der Waals surface area contributed by atoms with Gasteiger partial charge in [-0.3, -0.25) is 0 Å². The summed E-state index contributed by atoms with van der Waals surface area (Å²) >= 11 is 0. The van der Waals surface area contributed by atoms with Crippen molar-refractivity contribution in [1.29, 1.82) is 0 Å². The first-order chi connectivity index (χ1) is 13.9. The first-order valence-electron chi connectivity index (χ1n) is 8.57. The van der Waals surface area contributed by atoms with Crippen LogP contribution in [0, 0.1) is 17.5 Å². The maximum absolute atomic E-state index is 13.6. The minimum absolute atomic E-state index is 0.0127. The molecule has 0 aliphatic rings. The monoisotopic (exact) mass is 406 g/mol. The van der Waals surface area contributed by atoms with Crippen LogP contribution in [0.25, 0.3) is 0 Å². The van der Waals surface area contributed by atoms with Crippen molar-refractivity contribution < 1.29 is 27.2 Å². The van der Waals surface area contributed by atoms with Crippen molar-refractivity contribution in [2.24, 2.45) is 0 Å². The third-order valence-electron chi connectivity index (χ3n) is 3.88. The first-order valence-corrected chi connectivity index (χ1v) is 8.57. The first kappa shape index (κ1) is 20.2. The molecule has 2 aromatic carbocycles. The second-order valence-corrected chi connectivity index (χ2v) is 6.07. The average Bonchev–Trinajstić information content (AvgIpc) is 3.15. The van der Waals surface area contributed by atoms with E-state index in [1.165, 1.54) is 36.2 Å². The molecule has 1 aromatic heterocycles. The zero-order valence-corrected chi connectivity index (χ0v) is 15.4. The summed E-state index contributed by atoms with van der Waals surface area (Å²) in [6, 6.07) is 7.80. The van der Waals surface area contributed by atoms with Crippen molar-refractivity contribution in [2.45, 2.75) is 13.0 Å². The zero-order chi connectivity index (χ0) is 20.8. The largest absolute Gasteiger partial charge is 0.484 e. The van der Waals surface area contributed by atoms with Crippen LogP contribution in [0.15, 0.2) is 47.0 Å². The quantitative estimate of drug-likeness (QED) is 0.646. The van der Waals surface area contributed by atoms with E-state index in [9.17, 15) is 18.0 Å². The molecule has 152 valence electrons. The number of rotatable bonds is 7. The highest BCUT2D eigenvalue weighted by molar-refractivity contribution is 5.89. The summed E-state index contributed by atoms with van der Waals surface area (Å²) < 4.78 is 49.8. The molecule has 0 fully saturated rings. The van der Waals surface area contributed by atoms with Crippen LogP contribution in [0.2, 0.25) is 0 Å². The third kappa shape index (κ3) is 5.71. The SMILES string of the molecule is CN(CCc1noc(COc2ccc(F)cc2)n1)C(=O)Nc1ccc(F)cc1F. The normalized spacial score (nSPS) is 10.6. The van der Waals surface area contributed by atoms with Gasteiger partial charge in [0.2, 0.25) is 0 Å². The van der Waals surface area contributed by atoms with Gasteiger partial charge in [0.15, 0.2) is 12.4 Å². The number of hydrogen-bond donors (Lipinski definition) is 1. The van der Waals surface area contributed by atoms with Gasteiger partial charge in [-0.2, -0.15) is 4.98 Å². The molecule has 1 heterocycles. The van der Waals surface area contributed by atoms with Crippen LogP contribution >= 0.6 is 0 Å². The maximum Gasteiger partial charge on any atom is 0.321 e. The molecule has 0 saturated heterocycles. The number of urea groups is 1. The number of nitrogens with zero attached hydrogens (tertiary/aromatic N) is 3. The van der Waals surface area contributed by atoms with Gasteiger partial charge in [0.25, 0.3) is 5.89 Å². The van der Waals surface area contributed by atoms with Crippen molar-refractivity contribution >= 4 is 11.7 Å². The Kier molecular flexibility index (Phi) is 6.32. The average molecular weight is 406 g/mol. The number of halogens is 3. The molecule has 3 rings (SSSR count). The van der Waals surface area contributed by atoms with Crippen LogP contribution < -0.4 is 10.1 Å². The Bertz CT molecular complexity index is 979. The lowest BCUT2D eigenvalue weighted by Crippen LogP contribution is -2.33. The van der Waals surface area contributed by atoms with Gasteiger partial charge in [-0.15, -0.1) is 0 Å². The number of carbonyl (C=O) groups is 1. The van der Waals surface area contributed by atoms with Crippen molar-refractivity contribution in [2.75, 3.05) is 18.9 Å². The molecule has 0 atom stereocenters. The van der Waals surface area contributed by atoms with Crippen LogP contribution in [0.4, 0.5) is 23.7 Å². The molecule has 0 aliphatic carbocycles. The zero-order valence-electron chi connectivity index (χ0n) is 15.4. The summed E-state index contributed by atoms with van der Waals surface area (Å²) in [4.78, 5) is 17.5. The lowest BCUT2D eigenvalue weighted by Gasteiger charge is -2.17. The van der Waals surface area contributed by atoms with Crippen LogP contribution in [0.5, 0.6) is 5.75 Å². The predicted molar refractivity (Wildman–Crippen MR) is 96.7 cm³/mol. The fourth-order valence-corrected chi connectivity index (χ4v) is 2.30. The van der Waals surface area contributed by atoms with Crippen molar-refractivity contribution in [3.05, 3.63) is 71.6 Å². The van der Waals surface area contributed by atoms with Crippen LogP contribution in [0.3, 0.4) is 0 Å². The third-order valence-corrected chi connectivity index (χ3v) is 3.88. The number of hydrogen-bond acceptors (Lipinski definition) is 5. The Labute approximate surface area is 164 Å². The van der Waals surface area contributed by atoms with Gasteiger partial charge >= 0.3 is 6.03 Å². The van der Waals surface area contributed by atoms with Crippen molar-refractivity contribution in [3.63, 3.8) is 0 Å². The Hall–Kier alpha value is -3.56. The molecule has 7 nitrogen and oxygen atoms in total. The molecule has 10 heteroatoms. The molecule has 0 aliphatic heterocycles. The summed E-state index contributed by atoms with van der Waals surface area (Å²) in [5, 5.41) is 6.15. The van der Waals surface area contributed by atoms with E-state index in [1.54, 1.807) is 0 Å². The van der Waals surface area contributed by atoms with E-state index < -0.39 is 17.7 Å². The molecule has 0 unspecified atom stereocenters. The van der Waals surface area contributed by atoms with Crippen molar-refractivity contribution in [3.8, 4) is 5.75 Å². The summed E-state index contributed by atoms with van der Waals surface area (Å²) in [6.07, 6.45) is 0.288. The second-order valence-electron chi connectivity index (χ2n) is 6.07. The summed E-state index contributed by atoms with van der Waals surface area (Å²) in [5.74, 6) is -0.927. The summed E-state index contributed by atoms with van der Waals surface area (Å²) in [5.41, 5.74) is -0.122. The van der Waals surface area contributed by atoms with Gasteiger partial charge in [0, 0.05) is 26.1 Å². The van der Waals surface area contributed by atoms with Crippen molar-refractivity contribution in [1.82, 2.24) is 15.0 Å². The topological polar surface area (TPSA) is 80.5 Å². The highest BCUT2D eigenvalue weighted by Gasteiger charge is 2.14. The van der Waals surface area contributed by atoms with Gasteiger partial charge in [-0.05, 0) is 36.4 Å². The Morgan fingerprint density at radius 1 is 1.14 bits per heavy atom. The number of ether oxygens (including phenoxy) is 1. The van der Waals surface area contributed by atoms with E-state index in [1.807, 2.05) is 0 Å². The number of carbonyl (C=O) groups excluding carboxylic acids is 1. The number of benzene rings is 2. The van der Waals surface area contributed by atoms with Gasteiger partial charge in [-0.25, -0.2) is 18.0 Å². The Balaban J connectivity index is 1.46. The minimum atomic E-state index is -0.865. The predicted octanol–water partition coefficient (Wildman–Crippen LogP) is 3.77. The van der Waals surface area contributed by atoms with E-state index in [0.717, 1.165) is 12.1 Å². The second kappa shape index (κ2) is 9.09. The smallest absolute Gasteiger partial charge is 0.321 e. The molecule has 29 heavy (non-hydrogen) atoms. The standard InChI is InChI=1S/C19H17F3N4O3/c1-26(19(27)23-16-7-4-13(21)10-15(16)22)9-8-17-24-18(29-25-17)11-28-14-5-2-12(20)3-6-14/h2-7,10H,8-9,11H2,1H3,(H,23,27). The van der Waals surface area contributed by atoms with Crippen LogP contribution in [0.1, 0.15) is 11.7 Å². The fraction of sp³-hybridized carbons (Fsp3) is 0.211. The lowest BCUT2D eigenvalue weighted by molar-refractivity contribution is 0.222. The highest BCUT2D eigenvalue weighted by Crippen LogP contribution is 2.16. The van der Waals surface area contributed by atoms with Gasteiger partial charge in [0.1, 0.15) is 23.2 Å². The molecule has 1 N–H and O–H groups in total. The Morgan fingerprint density at radius 3 is 2.59 bits per heavy atom. The summed E-state index contributed by atoms with van der Waals surface area (Å²) in [6.45, 7) is 0.241. The number of aromatic nitrogens is 2. The van der Waals surface area contributed by atoms with Crippen LogP contribution in [-0.2, 0) is 13.0 Å². The summed E-state index contributed by atoms with van der Waals surface area (Å²) in [7, 11) is 1.51. The molecular formula is C19H17F3N4O3. The number of likely N-dealkylation sites (N-methyl/N-ethyl adjacent to an activating group) is 1. The van der Waals surface area contributed by atoms with E-state index >= 15 is 0 Å². The lowest BCUT2D eigenvalue weighted by atomic mass is 10.3. The molecule has 2 amide bonds. The molecular weight excluding hydrogens is 389 g/mol. The minimum Gasteiger partial charge on any atom is -0.484 e. The van der Waals surface area contributed by atoms with Gasteiger partial charge in [0.05, 0.1) is 5.69 Å². The molecule has 0 bridgehead atoms. The maximum atomic E-state index is 13.6. The number of nitrogens with one attached hydrogen (secondary N) is 1. The number of amides is 2. The molecule has 0 radical (unpaired) electrons. The van der Waals surface area contributed by atoms with Gasteiger partial charge < -0.3 is 19.5 Å². The van der Waals surface area contributed by atoms with E-state index in [0.29, 0.717) is 17.6 Å². The van der Waals surface area contributed by atoms with Gasteiger partial charge in [-0.1, -0.05) is 5.16 Å². The molecule has 3 aromatic rings. The highest BCUT2D eigenvalue weighted by atomic mass is 19.1. The molecule has 0 spiro atoms. The van der Waals surface area contributed by atoms with Crippen LogP contribution in [-0.4, -0.2) is 34.7 Å². The fourth-order valence-electron chi connectivity index (χ4n) is 2.30. The van der Waals surface area contributed by atoms with E-state index in [4.69, 9.17) is 9.26 Å². The van der Waals surface area contributed by atoms with E-state index in [2.05, 4.69) is 15.5 Å². The molecule has 0 saturated carbocycles. The van der Waals surface area contributed by atoms with E-state index in [-0.39, 0.29) is 37.0 Å².